The van der Waals surface area contributed by atoms with Crippen molar-refractivity contribution in [3.63, 3.8) is 0 Å². The van der Waals surface area contributed by atoms with Crippen molar-refractivity contribution in [1.29, 1.82) is 0 Å². The van der Waals surface area contributed by atoms with Gasteiger partial charge in [0.15, 0.2) is 0 Å². The Bertz CT molecular complexity index is 2270. The highest BCUT2D eigenvalue weighted by Crippen LogP contribution is 2.69. The van der Waals surface area contributed by atoms with E-state index in [1.165, 1.54) is 6.39 Å². The maximum Gasteiger partial charge on any atom is 0.238 e. The average Bonchev–Trinajstić information content (AvgIpc) is 3.93. The number of nitrogens with one attached hydrogen (secondary N) is 2. The third-order valence-corrected chi connectivity index (χ3v) is 14.2. The smallest absolute Gasteiger partial charge is 0.238 e. The number of amides is 2. The van der Waals surface area contributed by atoms with E-state index in [0.717, 1.165) is 49.7 Å². The summed E-state index contributed by atoms with van der Waals surface area (Å²) in [6, 6.07) is 27.1. The molecular weight excluding hydrogens is 771 g/mol. The summed E-state index contributed by atoms with van der Waals surface area (Å²) < 4.78 is 5.56. The maximum atomic E-state index is 15.9. The van der Waals surface area contributed by atoms with Gasteiger partial charge in [0, 0.05) is 45.9 Å². The first kappa shape index (κ1) is 38.9. The topological polar surface area (TPSA) is 133 Å². The number of benzene rings is 3. The van der Waals surface area contributed by atoms with Gasteiger partial charge in [0.25, 0.3) is 0 Å². The van der Waals surface area contributed by atoms with Crippen LogP contribution in [0.5, 0.6) is 0 Å². The average molecular weight is 820 g/mol. The molecule has 0 radical (unpaired) electrons. The number of aromatic nitrogens is 3. The fourth-order valence-electron chi connectivity index (χ4n) is 11.1. The minimum Gasteiger partial charge on any atom is -0.428 e. The summed E-state index contributed by atoms with van der Waals surface area (Å²) in [6.07, 6.45) is 7.76. The van der Waals surface area contributed by atoms with Gasteiger partial charge in [-0.25, -0.2) is 4.98 Å². The predicted octanol–water partition coefficient (Wildman–Crippen LogP) is 9.09. The number of aliphatic hydroxyl groups is 1. The Morgan fingerprint density at radius 3 is 2.26 bits per heavy atom. The zero-order valence-corrected chi connectivity index (χ0v) is 34.2. The molecule has 9 rings (SSSR count). The van der Waals surface area contributed by atoms with Crippen molar-refractivity contribution in [3.8, 4) is 0 Å². The van der Waals surface area contributed by atoms with Crippen LogP contribution in [-0.4, -0.2) is 54.6 Å². The number of anilines is 1. The zero-order chi connectivity index (χ0) is 40.2. The zero-order valence-electron chi connectivity index (χ0n) is 32.7. The van der Waals surface area contributed by atoms with Gasteiger partial charge < -0.3 is 20.2 Å². The first-order valence-electron chi connectivity index (χ1n) is 20.4. The number of likely N-dealkylation sites (tertiary alicyclic amines) is 1. The lowest BCUT2D eigenvalue weighted by Gasteiger charge is -2.56. The molecule has 4 heterocycles. The number of rotatable bonds is 8. The van der Waals surface area contributed by atoms with Crippen molar-refractivity contribution in [2.24, 2.45) is 5.41 Å². The van der Waals surface area contributed by atoms with Gasteiger partial charge in [-0.2, -0.15) is 0 Å². The van der Waals surface area contributed by atoms with Crippen LogP contribution in [0.3, 0.4) is 0 Å². The van der Waals surface area contributed by atoms with E-state index in [9.17, 15) is 5.11 Å². The normalized spacial score (nSPS) is 27.2. The molecule has 2 amide bonds. The summed E-state index contributed by atoms with van der Waals surface area (Å²) in [5.41, 5.74) is 1.24. The van der Waals surface area contributed by atoms with Crippen molar-refractivity contribution in [2.75, 3.05) is 5.32 Å². The summed E-state index contributed by atoms with van der Waals surface area (Å²) in [5, 5.41) is 28.5. The van der Waals surface area contributed by atoms with Gasteiger partial charge in [-0.3, -0.25) is 14.5 Å². The fraction of sp³-hybridized carbons (Fsp3) is 0.413. The summed E-state index contributed by atoms with van der Waals surface area (Å²) in [7, 11) is 0. The fourth-order valence-corrected chi connectivity index (χ4v) is 11.4. The van der Waals surface area contributed by atoms with E-state index >= 15 is 9.59 Å². The third kappa shape index (κ3) is 6.44. The second kappa shape index (κ2) is 15.2. The van der Waals surface area contributed by atoms with E-state index in [-0.39, 0.29) is 34.3 Å². The molecule has 2 aliphatic carbocycles. The molecule has 3 aromatic carbocycles. The number of aliphatic hydroxyl groups excluding tert-OH is 1. The van der Waals surface area contributed by atoms with Crippen LogP contribution in [0.15, 0.2) is 108 Å². The highest BCUT2D eigenvalue weighted by molar-refractivity contribution is 6.30. The molecule has 3 N–H and O–H groups in total. The van der Waals surface area contributed by atoms with Crippen LogP contribution < -0.4 is 10.6 Å². The number of pyridine rings is 1. The predicted molar refractivity (Wildman–Crippen MR) is 222 cm³/mol. The van der Waals surface area contributed by atoms with Crippen LogP contribution in [0.4, 0.5) is 5.69 Å². The summed E-state index contributed by atoms with van der Waals surface area (Å²) >= 11 is 13.4. The Hall–Kier alpha value is -4.61. The summed E-state index contributed by atoms with van der Waals surface area (Å²) in [4.78, 5) is 38.5. The number of nitrogens with zero attached hydrogens (tertiary/aromatic N) is 4. The Kier molecular flexibility index (Phi) is 10.2. The van der Waals surface area contributed by atoms with Gasteiger partial charge in [0.05, 0.1) is 18.2 Å². The number of hydrogen-bond donors (Lipinski definition) is 3. The van der Waals surface area contributed by atoms with Gasteiger partial charge in [0.2, 0.25) is 24.1 Å². The van der Waals surface area contributed by atoms with Crippen LogP contribution >= 0.6 is 23.2 Å². The second-order valence-electron chi connectivity index (χ2n) is 17.4. The Morgan fingerprint density at radius 2 is 1.60 bits per heavy atom. The quantitative estimate of drug-likeness (QED) is 0.132. The number of halogens is 2. The lowest BCUT2D eigenvalue weighted by atomic mass is 9.53. The van der Waals surface area contributed by atoms with Crippen LogP contribution in [0.1, 0.15) is 117 Å². The highest BCUT2D eigenvalue weighted by atomic mass is 35.5. The summed E-state index contributed by atoms with van der Waals surface area (Å²) in [6.45, 7) is 4.54. The first-order valence-corrected chi connectivity index (χ1v) is 21.1. The molecule has 5 atom stereocenters. The van der Waals surface area contributed by atoms with Gasteiger partial charge in [0.1, 0.15) is 10.6 Å². The van der Waals surface area contributed by atoms with Gasteiger partial charge in [-0.1, -0.05) is 110 Å². The number of carbonyl (C=O) groups is 2. The molecule has 2 saturated carbocycles. The number of carbonyl (C=O) groups excluding carboxylic acids is 2. The lowest BCUT2D eigenvalue weighted by Crippen LogP contribution is -2.64. The first-order chi connectivity index (χ1) is 28.0. The van der Waals surface area contributed by atoms with E-state index in [1.807, 2.05) is 84.9 Å². The van der Waals surface area contributed by atoms with E-state index in [4.69, 9.17) is 27.6 Å². The SMILES string of the molecule is CC1(C)CCC2(CC1)N([C@H](c1ccccc1)[C@@H](O)c1ccccc1)[C@@H](C(=O)N[C@H]1CC[C@H](c3nnco3)CC1)[C@H](c1cccc(Cl)c1)C21C(=O)Nc2cc(Cl)ncc21. The monoisotopic (exact) mass is 818 g/mol. The minimum absolute atomic E-state index is 0.0303. The maximum absolute atomic E-state index is 15.9. The van der Waals surface area contributed by atoms with Crippen LogP contribution in [0, 0.1) is 5.41 Å². The van der Waals surface area contributed by atoms with Crippen molar-refractivity contribution in [1.82, 2.24) is 25.4 Å². The Balaban J connectivity index is 1.29. The van der Waals surface area contributed by atoms with E-state index in [2.05, 4.69) is 44.6 Å². The van der Waals surface area contributed by atoms with E-state index in [1.54, 1.807) is 12.3 Å². The molecule has 4 aliphatic rings. The lowest BCUT2D eigenvalue weighted by molar-refractivity contribution is -0.137. The second-order valence-corrected chi connectivity index (χ2v) is 18.3. The van der Waals surface area contributed by atoms with Crippen LogP contribution in [0.2, 0.25) is 10.2 Å². The molecular formula is C46H48Cl2N6O4. The van der Waals surface area contributed by atoms with Crippen LogP contribution in [0.25, 0.3) is 0 Å². The molecule has 1 unspecified atom stereocenters. The molecule has 0 bridgehead atoms. The molecule has 10 nitrogen and oxygen atoms in total. The Morgan fingerprint density at radius 1 is 0.914 bits per heavy atom. The molecule has 300 valence electrons. The molecule has 2 aliphatic heterocycles. The molecule has 1 saturated heterocycles. The molecule has 2 spiro atoms. The minimum atomic E-state index is -1.35. The molecule has 12 heteroatoms. The van der Waals surface area contributed by atoms with Gasteiger partial charge in [-0.15, -0.1) is 10.2 Å². The summed E-state index contributed by atoms with van der Waals surface area (Å²) in [5.74, 6) is -0.414. The molecule has 3 fully saturated rings. The van der Waals surface area contributed by atoms with Crippen LogP contribution in [-0.2, 0) is 15.0 Å². The molecule has 5 aromatic rings. The standard InChI is InChI=1S/C46H48Cl2N6O4/c1-44(2)20-22-45(23-21-44)46(34-26-49-36(48)25-35(34)52-43(46)57)37(31-14-9-15-32(47)24-31)39(41(56)51-33-18-16-30(17-19-33)42-53-50-27-58-42)54(45)38(28-10-5-3-6-11-28)40(55)29-12-7-4-8-13-29/h3-15,24-27,30,33,37-40,55H,16-23H2,1-2H3,(H,51,56)(H,52,57)/t30-,33-,37-,38+,39+,40-,46?/m0/s1. The van der Waals surface area contributed by atoms with Crippen molar-refractivity contribution >= 4 is 40.7 Å². The van der Waals surface area contributed by atoms with E-state index < -0.39 is 35.1 Å². The van der Waals surface area contributed by atoms with Gasteiger partial charge >= 0.3 is 0 Å². The van der Waals surface area contributed by atoms with Crippen molar-refractivity contribution in [2.45, 2.75) is 112 Å². The Labute approximate surface area is 348 Å². The van der Waals surface area contributed by atoms with Crippen molar-refractivity contribution < 1.29 is 19.1 Å². The third-order valence-electron chi connectivity index (χ3n) is 13.8. The number of fused-ring (bicyclic) bond motifs is 3. The van der Waals surface area contributed by atoms with Gasteiger partial charge in [-0.05, 0) is 91.7 Å². The number of hydrogen-bond acceptors (Lipinski definition) is 8. The molecule has 2 aromatic heterocycles. The largest absolute Gasteiger partial charge is 0.428 e. The van der Waals surface area contributed by atoms with Crippen molar-refractivity contribution in [3.05, 3.63) is 142 Å². The highest BCUT2D eigenvalue weighted by Gasteiger charge is 2.77. The van der Waals surface area contributed by atoms with E-state index in [0.29, 0.717) is 40.6 Å². The molecule has 58 heavy (non-hydrogen) atoms.